The Bertz CT molecular complexity index is 882. The lowest BCUT2D eigenvalue weighted by atomic mass is 10.2. The molecule has 0 amide bonds. The van der Waals surface area contributed by atoms with E-state index in [0.717, 1.165) is 0 Å². The summed E-state index contributed by atoms with van der Waals surface area (Å²) in [4.78, 5) is 0. The summed E-state index contributed by atoms with van der Waals surface area (Å²) < 4.78 is 37.9. The second-order valence-electron chi connectivity index (χ2n) is 5.21. The molecule has 1 N–H and O–H groups in total. The molecule has 3 rings (SSSR count). The summed E-state index contributed by atoms with van der Waals surface area (Å²) in [5.41, 5.74) is 0.281. The van der Waals surface area contributed by atoms with Crippen LogP contribution < -0.4 is 9.47 Å². The van der Waals surface area contributed by atoms with Crippen LogP contribution in [0, 0.1) is 11.6 Å². The molecule has 6 heteroatoms. The minimum absolute atomic E-state index is 0.0481. The Hall–Kier alpha value is -2.79. The van der Waals surface area contributed by atoms with E-state index < -0.39 is 5.82 Å². The van der Waals surface area contributed by atoms with Gasteiger partial charge in [0.15, 0.2) is 0 Å². The van der Waals surface area contributed by atoms with Crippen LogP contribution in [0.3, 0.4) is 0 Å². The molecular weight excluding hydrogens is 350 g/mol. The van der Waals surface area contributed by atoms with Crippen molar-refractivity contribution in [1.29, 1.82) is 0 Å². The summed E-state index contributed by atoms with van der Waals surface area (Å²) in [6.07, 6.45) is 0. The second kappa shape index (κ2) is 7.40. The average molecular weight is 363 g/mol. The number of halogens is 3. The van der Waals surface area contributed by atoms with Gasteiger partial charge in [-0.1, -0.05) is 11.6 Å². The highest BCUT2D eigenvalue weighted by Gasteiger charge is 2.08. The molecule has 0 bridgehead atoms. The number of hydrogen-bond donors (Lipinski definition) is 1. The van der Waals surface area contributed by atoms with Crippen molar-refractivity contribution in [2.75, 3.05) is 0 Å². The first-order chi connectivity index (χ1) is 12.0. The Morgan fingerprint density at radius 1 is 0.840 bits per heavy atom. The maximum atomic E-state index is 14.0. The number of hydrogen-bond acceptors (Lipinski definition) is 3. The topological polar surface area (TPSA) is 38.7 Å². The van der Waals surface area contributed by atoms with Gasteiger partial charge in [-0.15, -0.1) is 0 Å². The molecule has 25 heavy (non-hydrogen) atoms. The van der Waals surface area contributed by atoms with Crippen LogP contribution in [0.1, 0.15) is 5.56 Å². The molecule has 0 saturated heterocycles. The zero-order valence-electron chi connectivity index (χ0n) is 12.9. The molecule has 0 aliphatic heterocycles. The second-order valence-corrected chi connectivity index (χ2v) is 5.62. The highest BCUT2D eigenvalue weighted by molar-refractivity contribution is 6.32. The summed E-state index contributed by atoms with van der Waals surface area (Å²) in [6.45, 7) is -0.0481. The van der Waals surface area contributed by atoms with Gasteiger partial charge in [0.05, 0.1) is 5.02 Å². The van der Waals surface area contributed by atoms with Crippen LogP contribution in [0.15, 0.2) is 60.7 Å². The molecule has 128 valence electrons. The number of benzene rings is 3. The fourth-order valence-corrected chi connectivity index (χ4v) is 2.27. The molecule has 0 aliphatic rings. The standard InChI is InChI=1S/C19H13ClF2O3/c20-17-10-15(6-8-19(17)23)24-11-12-9-16(5-7-18(12)22)25-14-3-1-13(21)2-4-14/h1-10,23H,11H2. The van der Waals surface area contributed by atoms with Crippen LogP contribution in [-0.4, -0.2) is 5.11 Å². The zero-order chi connectivity index (χ0) is 17.8. The van der Waals surface area contributed by atoms with Crippen LogP contribution in [0.5, 0.6) is 23.0 Å². The van der Waals surface area contributed by atoms with E-state index in [9.17, 15) is 13.9 Å². The monoisotopic (exact) mass is 362 g/mol. The molecule has 3 aromatic carbocycles. The number of phenolic OH excluding ortho intramolecular Hbond substituents is 1. The Kier molecular flexibility index (Phi) is 5.05. The van der Waals surface area contributed by atoms with E-state index in [1.54, 1.807) is 0 Å². The molecule has 0 radical (unpaired) electrons. The van der Waals surface area contributed by atoms with Crippen LogP contribution in [0.25, 0.3) is 0 Å². The number of aromatic hydroxyl groups is 1. The SMILES string of the molecule is Oc1ccc(OCc2cc(Oc3ccc(F)cc3)ccc2F)cc1Cl. The summed E-state index contributed by atoms with van der Waals surface area (Å²) >= 11 is 5.80. The van der Waals surface area contributed by atoms with Gasteiger partial charge in [0.25, 0.3) is 0 Å². The molecule has 3 nitrogen and oxygen atoms in total. The third-order valence-electron chi connectivity index (χ3n) is 3.38. The number of rotatable bonds is 5. The van der Waals surface area contributed by atoms with Crippen molar-refractivity contribution in [2.24, 2.45) is 0 Å². The van der Waals surface area contributed by atoms with E-state index in [-0.39, 0.29) is 28.8 Å². The number of ether oxygens (including phenoxy) is 2. The van der Waals surface area contributed by atoms with Gasteiger partial charge in [0.1, 0.15) is 41.2 Å². The first kappa shape index (κ1) is 17.0. The Balaban J connectivity index is 1.72. The van der Waals surface area contributed by atoms with Gasteiger partial charge in [0.2, 0.25) is 0 Å². The molecule has 0 unspecified atom stereocenters. The summed E-state index contributed by atoms with van der Waals surface area (Å²) in [5.74, 6) is 0.354. The minimum Gasteiger partial charge on any atom is -0.506 e. The lowest BCUT2D eigenvalue weighted by Gasteiger charge is -2.11. The molecule has 0 atom stereocenters. The largest absolute Gasteiger partial charge is 0.506 e. The van der Waals surface area contributed by atoms with Gasteiger partial charge in [-0.2, -0.15) is 0 Å². The normalized spacial score (nSPS) is 10.5. The van der Waals surface area contributed by atoms with Crippen molar-refractivity contribution in [1.82, 2.24) is 0 Å². The lowest BCUT2D eigenvalue weighted by molar-refractivity contribution is 0.298. The Morgan fingerprint density at radius 2 is 1.52 bits per heavy atom. The molecule has 3 aromatic rings. The van der Waals surface area contributed by atoms with Crippen molar-refractivity contribution in [3.8, 4) is 23.0 Å². The predicted molar refractivity (Wildman–Crippen MR) is 90.3 cm³/mol. The van der Waals surface area contributed by atoms with Gasteiger partial charge < -0.3 is 14.6 Å². The van der Waals surface area contributed by atoms with Crippen LogP contribution in [0.2, 0.25) is 5.02 Å². The van der Waals surface area contributed by atoms with Gasteiger partial charge in [-0.3, -0.25) is 0 Å². The van der Waals surface area contributed by atoms with Crippen molar-refractivity contribution < 1.29 is 23.4 Å². The molecule has 0 spiro atoms. The molecular formula is C19H13ClF2O3. The van der Waals surface area contributed by atoms with Crippen molar-refractivity contribution >= 4 is 11.6 Å². The van der Waals surface area contributed by atoms with E-state index >= 15 is 0 Å². The third kappa shape index (κ3) is 4.39. The molecule has 0 heterocycles. The van der Waals surface area contributed by atoms with Crippen molar-refractivity contribution in [3.63, 3.8) is 0 Å². The van der Waals surface area contributed by atoms with Gasteiger partial charge in [0, 0.05) is 11.6 Å². The zero-order valence-corrected chi connectivity index (χ0v) is 13.6. The quantitative estimate of drug-likeness (QED) is 0.633. The maximum Gasteiger partial charge on any atom is 0.134 e. The maximum absolute atomic E-state index is 14.0. The highest BCUT2D eigenvalue weighted by atomic mass is 35.5. The fourth-order valence-electron chi connectivity index (χ4n) is 2.10. The number of phenols is 1. The van der Waals surface area contributed by atoms with Gasteiger partial charge in [-0.05, 0) is 54.6 Å². The average Bonchev–Trinajstić information content (AvgIpc) is 2.60. The Morgan fingerprint density at radius 3 is 2.24 bits per heavy atom. The molecule has 0 fully saturated rings. The van der Waals surface area contributed by atoms with Crippen molar-refractivity contribution in [3.05, 3.63) is 82.9 Å². The summed E-state index contributed by atoms with van der Waals surface area (Å²) in [6, 6.07) is 14.1. The fraction of sp³-hybridized carbons (Fsp3) is 0.0526. The molecule has 0 saturated carbocycles. The third-order valence-corrected chi connectivity index (χ3v) is 3.68. The molecule has 0 aliphatic carbocycles. The van der Waals surface area contributed by atoms with E-state index in [1.807, 2.05) is 0 Å². The van der Waals surface area contributed by atoms with Crippen molar-refractivity contribution in [2.45, 2.75) is 6.61 Å². The smallest absolute Gasteiger partial charge is 0.134 e. The van der Waals surface area contributed by atoms with E-state index in [0.29, 0.717) is 17.2 Å². The van der Waals surface area contributed by atoms with Gasteiger partial charge >= 0.3 is 0 Å². The lowest BCUT2D eigenvalue weighted by Crippen LogP contribution is -1.99. The first-order valence-electron chi connectivity index (χ1n) is 7.34. The minimum atomic E-state index is -0.448. The van der Waals surface area contributed by atoms with E-state index in [1.165, 1.54) is 60.7 Å². The van der Waals surface area contributed by atoms with Crippen LogP contribution in [0.4, 0.5) is 8.78 Å². The first-order valence-corrected chi connectivity index (χ1v) is 7.72. The van der Waals surface area contributed by atoms with Crippen LogP contribution >= 0.6 is 11.6 Å². The van der Waals surface area contributed by atoms with Gasteiger partial charge in [-0.25, -0.2) is 8.78 Å². The molecule has 0 aromatic heterocycles. The highest BCUT2D eigenvalue weighted by Crippen LogP contribution is 2.29. The van der Waals surface area contributed by atoms with E-state index in [4.69, 9.17) is 21.1 Å². The predicted octanol–water partition coefficient (Wildman–Crippen LogP) is 5.70. The summed E-state index contributed by atoms with van der Waals surface area (Å²) in [5, 5.41) is 9.52. The summed E-state index contributed by atoms with van der Waals surface area (Å²) in [7, 11) is 0. The van der Waals surface area contributed by atoms with E-state index in [2.05, 4.69) is 0 Å². The van der Waals surface area contributed by atoms with Crippen LogP contribution in [-0.2, 0) is 6.61 Å². The Labute approximate surface area is 148 Å².